The second-order valence-corrected chi connectivity index (χ2v) is 8.39. The first-order valence-corrected chi connectivity index (χ1v) is 11.6. The van der Waals surface area contributed by atoms with Crippen LogP contribution < -0.4 is 10.1 Å². The molecule has 1 amide bonds. The smallest absolute Gasteiger partial charge is 0.255 e. The molecule has 5 aromatic rings. The largest absolute Gasteiger partial charge is 0.489 e. The fourth-order valence-corrected chi connectivity index (χ4v) is 3.79. The highest BCUT2D eigenvalue weighted by Crippen LogP contribution is 2.26. The average molecular weight is 487 g/mol. The van der Waals surface area contributed by atoms with E-state index < -0.39 is 0 Å². The minimum absolute atomic E-state index is 0.253. The maximum absolute atomic E-state index is 12.8. The van der Waals surface area contributed by atoms with E-state index in [2.05, 4.69) is 21.6 Å². The second kappa shape index (κ2) is 10.6. The van der Waals surface area contributed by atoms with Crippen LogP contribution >= 0.6 is 0 Å². The van der Waals surface area contributed by atoms with Crippen molar-refractivity contribution in [2.24, 2.45) is 0 Å². The van der Waals surface area contributed by atoms with Gasteiger partial charge in [0.05, 0.1) is 11.6 Å². The molecule has 0 saturated heterocycles. The predicted molar refractivity (Wildman–Crippen MR) is 140 cm³/mol. The number of hydrogen-bond acceptors (Lipinski definition) is 6. The molecule has 0 atom stereocenters. The number of anilines is 1. The summed E-state index contributed by atoms with van der Waals surface area (Å²) in [5.74, 6) is 1.19. The van der Waals surface area contributed by atoms with Gasteiger partial charge in [0.15, 0.2) is 0 Å². The lowest BCUT2D eigenvalue weighted by molar-refractivity contribution is 0.102. The van der Waals surface area contributed by atoms with Gasteiger partial charge in [-0.25, -0.2) is 0 Å². The van der Waals surface area contributed by atoms with Crippen LogP contribution in [-0.4, -0.2) is 16.1 Å². The van der Waals surface area contributed by atoms with Crippen LogP contribution in [0.5, 0.6) is 5.75 Å². The fraction of sp³-hybridized carbons (Fsp3) is 0.0667. The van der Waals surface area contributed by atoms with E-state index in [0.29, 0.717) is 41.0 Å². The number of aromatic nitrogens is 2. The molecule has 0 aliphatic heterocycles. The SMILES string of the molecule is Cc1ccccc1-c1nnc(-c2ccc(C(=O)Nc3cccc(OCc4cccc(C#N)c4)c3)cc2)o1. The number of nitrogens with one attached hydrogen (secondary N) is 1. The van der Waals surface area contributed by atoms with Gasteiger partial charge in [-0.05, 0) is 72.6 Å². The molecule has 4 aromatic carbocycles. The number of rotatable bonds is 7. The third-order valence-electron chi connectivity index (χ3n) is 5.75. The van der Waals surface area contributed by atoms with E-state index in [1.165, 1.54) is 0 Å². The van der Waals surface area contributed by atoms with E-state index in [1.807, 2.05) is 49.4 Å². The first-order chi connectivity index (χ1) is 18.1. The summed E-state index contributed by atoms with van der Waals surface area (Å²) in [5.41, 5.74) is 5.23. The molecule has 0 spiro atoms. The maximum Gasteiger partial charge on any atom is 0.255 e. The van der Waals surface area contributed by atoms with Crippen molar-refractivity contribution in [3.05, 3.63) is 119 Å². The normalized spacial score (nSPS) is 10.5. The molecule has 0 bridgehead atoms. The lowest BCUT2D eigenvalue weighted by atomic mass is 10.1. The van der Waals surface area contributed by atoms with Crippen LogP contribution in [0, 0.1) is 18.3 Å². The maximum atomic E-state index is 12.8. The van der Waals surface area contributed by atoms with Gasteiger partial charge in [0.2, 0.25) is 11.8 Å². The molecule has 1 N–H and O–H groups in total. The molecule has 0 unspecified atom stereocenters. The molecule has 5 rings (SSSR count). The predicted octanol–water partition coefficient (Wildman–Crippen LogP) is 6.42. The number of hydrogen-bond donors (Lipinski definition) is 1. The number of carbonyl (C=O) groups is 1. The lowest BCUT2D eigenvalue weighted by Crippen LogP contribution is -2.11. The topological polar surface area (TPSA) is 101 Å². The third kappa shape index (κ3) is 5.55. The van der Waals surface area contributed by atoms with Crippen molar-refractivity contribution in [2.75, 3.05) is 5.32 Å². The van der Waals surface area contributed by atoms with Gasteiger partial charge in [-0.3, -0.25) is 4.79 Å². The number of carbonyl (C=O) groups excluding carboxylic acids is 1. The van der Waals surface area contributed by atoms with E-state index in [4.69, 9.17) is 14.4 Å². The van der Waals surface area contributed by atoms with Gasteiger partial charge in [-0.1, -0.05) is 36.4 Å². The molecule has 7 heteroatoms. The van der Waals surface area contributed by atoms with Crippen LogP contribution in [-0.2, 0) is 6.61 Å². The highest BCUT2D eigenvalue weighted by Gasteiger charge is 2.13. The first-order valence-electron chi connectivity index (χ1n) is 11.6. The summed E-state index contributed by atoms with van der Waals surface area (Å²) in [6, 6.07) is 31.3. The fourth-order valence-electron chi connectivity index (χ4n) is 3.79. The first kappa shape index (κ1) is 23.5. The lowest BCUT2D eigenvalue weighted by Gasteiger charge is -2.10. The molecule has 7 nitrogen and oxygen atoms in total. The zero-order valence-electron chi connectivity index (χ0n) is 20.0. The van der Waals surface area contributed by atoms with Crippen LogP contribution in [0.4, 0.5) is 5.69 Å². The zero-order valence-corrected chi connectivity index (χ0v) is 20.0. The molecule has 0 fully saturated rings. The number of aryl methyl sites for hydroxylation is 1. The quantitative estimate of drug-likeness (QED) is 0.285. The van der Waals surface area contributed by atoms with E-state index in [9.17, 15) is 4.79 Å². The molecule has 37 heavy (non-hydrogen) atoms. The Hall–Kier alpha value is -5.22. The standard InChI is InChI=1S/C30H22N4O3/c1-20-6-2-3-11-27(20)30-34-33-29(37-30)24-14-12-23(13-15-24)28(35)32-25-9-5-10-26(17-25)36-19-22-8-4-7-21(16-22)18-31/h2-17H,19H2,1H3,(H,32,35). The van der Waals surface area contributed by atoms with Crippen molar-refractivity contribution in [2.45, 2.75) is 13.5 Å². The Balaban J connectivity index is 1.23. The Morgan fingerprint density at radius 2 is 1.70 bits per heavy atom. The van der Waals surface area contributed by atoms with Gasteiger partial charge in [-0.2, -0.15) is 5.26 Å². The van der Waals surface area contributed by atoms with Gasteiger partial charge >= 0.3 is 0 Å². The van der Waals surface area contributed by atoms with Crippen LogP contribution in [0.2, 0.25) is 0 Å². The van der Waals surface area contributed by atoms with E-state index >= 15 is 0 Å². The Morgan fingerprint density at radius 1 is 0.919 bits per heavy atom. The molecule has 1 aromatic heterocycles. The molecule has 180 valence electrons. The van der Waals surface area contributed by atoms with Crippen LogP contribution in [0.3, 0.4) is 0 Å². The van der Waals surface area contributed by atoms with Crippen molar-refractivity contribution in [3.63, 3.8) is 0 Å². The van der Waals surface area contributed by atoms with Gasteiger partial charge in [-0.15, -0.1) is 10.2 Å². The van der Waals surface area contributed by atoms with E-state index in [-0.39, 0.29) is 5.91 Å². The summed E-state index contributed by atoms with van der Waals surface area (Å²) < 4.78 is 11.7. The van der Waals surface area contributed by atoms with Crippen molar-refractivity contribution < 1.29 is 13.9 Å². The minimum atomic E-state index is -0.253. The number of nitrogens with zero attached hydrogens (tertiary/aromatic N) is 3. The van der Waals surface area contributed by atoms with Crippen molar-refractivity contribution >= 4 is 11.6 Å². The highest BCUT2D eigenvalue weighted by atomic mass is 16.5. The van der Waals surface area contributed by atoms with E-state index in [1.54, 1.807) is 54.6 Å². The Bertz CT molecular complexity index is 1600. The van der Waals surface area contributed by atoms with Crippen molar-refractivity contribution in [1.29, 1.82) is 5.26 Å². The Kier molecular flexibility index (Phi) is 6.73. The monoisotopic (exact) mass is 486 g/mol. The Morgan fingerprint density at radius 3 is 2.51 bits per heavy atom. The summed E-state index contributed by atoms with van der Waals surface area (Å²) in [7, 11) is 0. The number of ether oxygens (including phenoxy) is 1. The summed E-state index contributed by atoms with van der Waals surface area (Å²) in [6.07, 6.45) is 0. The highest BCUT2D eigenvalue weighted by molar-refractivity contribution is 6.04. The van der Waals surface area contributed by atoms with Gasteiger partial charge < -0.3 is 14.5 Å². The number of nitriles is 1. The molecule has 1 heterocycles. The summed E-state index contributed by atoms with van der Waals surface area (Å²) in [4.78, 5) is 12.8. The van der Waals surface area contributed by atoms with Crippen LogP contribution in [0.1, 0.15) is 27.0 Å². The van der Waals surface area contributed by atoms with Crippen LogP contribution in [0.15, 0.2) is 101 Å². The van der Waals surface area contributed by atoms with E-state index in [0.717, 1.165) is 22.3 Å². The van der Waals surface area contributed by atoms with Gasteiger partial charge in [0.1, 0.15) is 12.4 Å². The molecule has 0 saturated carbocycles. The minimum Gasteiger partial charge on any atom is -0.489 e. The van der Waals surface area contributed by atoms with Crippen molar-refractivity contribution in [1.82, 2.24) is 10.2 Å². The zero-order chi connectivity index (χ0) is 25.6. The molecular weight excluding hydrogens is 464 g/mol. The van der Waals surface area contributed by atoms with Gasteiger partial charge in [0.25, 0.3) is 5.91 Å². The summed E-state index contributed by atoms with van der Waals surface area (Å²) in [6.45, 7) is 2.30. The Labute approximate surface area is 214 Å². The molecule has 0 radical (unpaired) electrons. The molecule has 0 aliphatic rings. The molecular formula is C30H22N4O3. The van der Waals surface area contributed by atoms with Crippen molar-refractivity contribution in [3.8, 4) is 34.7 Å². The third-order valence-corrected chi connectivity index (χ3v) is 5.75. The molecule has 0 aliphatic carbocycles. The number of amides is 1. The summed E-state index contributed by atoms with van der Waals surface area (Å²) in [5, 5.41) is 20.3. The van der Waals surface area contributed by atoms with Crippen LogP contribution in [0.25, 0.3) is 22.9 Å². The average Bonchev–Trinajstić information content (AvgIpc) is 3.43. The number of benzene rings is 4. The summed E-state index contributed by atoms with van der Waals surface area (Å²) >= 11 is 0. The second-order valence-electron chi connectivity index (χ2n) is 8.39. The van der Waals surface area contributed by atoms with Gasteiger partial charge in [0, 0.05) is 28.4 Å².